The normalized spacial score (nSPS) is 10.5. The molecule has 0 fully saturated rings. The van der Waals surface area contributed by atoms with Crippen LogP contribution >= 0.6 is 0 Å². The van der Waals surface area contributed by atoms with Crippen molar-refractivity contribution < 1.29 is 9.53 Å². The first-order valence-electron chi connectivity index (χ1n) is 6.34. The fraction of sp³-hybridized carbons (Fsp3) is 0.750. The van der Waals surface area contributed by atoms with Crippen LogP contribution in [0.4, 0.5) is 0 Å². The Morgan fingerprint density at radius 2 is 2.06 bits per heavy atom. The Labute approximate surface area is 102 Å². The molecular weight excluding hydrogens is 218 g/mol. The summed E-state index contributed by atoms with van der Waals surface area (Å²) in [6, 6.07) is 0. The topological polar surface area (TPSA) is 57.0 Å². The number of aromatic nitrogens is 3. The van der Waals surface area contributed by atoms with E-state index in [0.29, 0.717) is 12.3 Å². The molecule has 1 heterocycles. The molecule has 5 nitrogen and oxygen atoms in total. The molecule has 0 bridgehead atoms. The van der Waals surface area contributed by atoms with Crippen LogP contribution in [-0.4, -0.2) is 27.6 Å². The molecule has 5 heteroatoms. The third kappa shape index (κ3) is 3.54. The monoisotopic (exact) mass is 239 g/mol. The molecule has 17 heavy (non-hydrogen) atoms. The second-order valence-electron chi connectivity index (χ2n) is 3.93. The van der Waals surface area contributed by atoms with E-state index >= 15 is 0 Å². The van der Waals surface area contributed by atoms with Gasteiger partial charge in [0.15, 0.2) is 5.69 Å². The molecule has 0 aromatic carbocycles. The third-order valence-electron chi connectivity index (χ3n) is 2.52. The molecule has 0 N–H and O–H groups in total. The van der Waals surface area contributed by atoms with Gasteiger partial charge in [-0.05, 0) is 19.8 Å². The van der Waals surface area contributed by atoms with E-state index in [1.54, 1.807) is 6.92 Å². The molecule has 0 radical (unpaired) electrons. The van der Waals surface area contributed by atoms with E-state index in [1.807, 2.05) is 4.68 Å². The maximum Gasteiger partial charge on any atom is 0.360 e. The highest BCUT2D eigenvalue weighted by Crippen LogP contribution is 2.11. The predicted octanol–water partition coefficient (Wildman–Crippen LogP) is 2.21. The molecule has 0 atom stereocenters. The zero-order valence-electron chi connectivity index (χ0n) is 10.9. The summed E-state index contributed by atoms with van der Waals surface area (Å²) in [4.78, 5) is 11.7. The van der Waals surface area contributed by atoms with Gasteiger partial charge < -0.3 is 4.74 Å². The summed E-state index contributed by atoms with van der Waals surface area (Å²) in [6.45, 7) is 7.18. The van der Waals surface area contributed by atoms with Crippen LogP contribution in [0.15, 0.2) is 0 Å². The molecule has 1 aromatic heterocycles. The average molecular weight is 239 g/mol. The van der Waals surface area contributed by atoms with Crippen molar-refractivity contribution in [3.63, 3.8) is 0 Å². The largest absolute Gasteiger partial charge is 0.461 e. The Balaban J connectivity index is 2.88. The number of hydrogen-bond acceptors (Lipinski definition) is 4. The van der Waals surface area contributed by atoms with Crippen molar-refractivity contribution in [1.29, 1.82) is 0 Å². The lowest BCUT2D eigenvalue weighted by molar-refractivity contribution is 0.0518. The van der Waals surface area contributed by atoms with Gasteiger partial charge in [-0.3, -0.25) is 0 Å². The number of aryl methyl sites for hydroxylation is 1. The highest BCUT2D eigenvalue weighted by atomic mass is 16.5. The van der Waals surface area contributed by atoms with E-state index in [2.05, 4.69) is 24.2 Å². The molecule has 96 valence electrons. The van der Waals surface area contributed by atoms with Gasteiger partial charge in [-0.25, -0.2) is 9.48 Å². The number of ether oxygens (including phenoxy) is 1. The number of rotatable bonds is 7. The van der Waals surface area contributed by atoms with E-state index in [-0.39, 0.29) is 5.97 Å². The molecule has 0 aliphatic rings. The quantitative estimate of drug-likeness (QED) is 0.684. The van der Waals surface area contributed by atoms with Crippen LogP contribution < -0.4 is 0 Å². The highest BCUT2D eigenvalue weighted by molar-refractivity contribution is 5.88. The fourth-order valence-corrected chi connectivity index (χ4v) is 1.66. The Morgan fingerprint density at radius 3 is 2.65 bits per heavy atom. The van der Waals surface area contributed by atoms with E-state index in [9.17, 15) is 4.79 Å². The lowest BCUT2D eigenvalue weighted by Gasteiger charge is -2.05. The first-order chi connectivity index (χ1) is 8.24. The van der Waals surface area contributed by atoms with Crippen LogP contribution in [0.3, 0.4) is 0 Å². The summed E-state index contributed by atoms with van der Waals surface area (Å²) in [6.07, 6.45) is 3.92. The number of unbranched alkanes of at least 4 members (excludes halogenated alkanes) is 1. The number of carbonyl (C=O) groups is 1. The molecule has 0 saturated heterocycles. The van der Waals surface area contributed by atoms with Gasteiger partial charge in [-0.15, -0.1) is 5.10 Å². The number of hydrogen-bond donors (Lipinski definition) is 0. The zero-order valence-corrected chi connectivity index (χ0v) is 10.9. The molecule has 0 aliphatic heterocycles. The summed E-state index contributed by atoms with van der Waals surface area (Å²) in [5.74, 6) is -0.362. The standard InChI is InChI=1S/C12H21N3O2/c1-4-7-9-15-10(8-5-2)11(13-14-15)12(16)17-6-3/h4-9H2,1-3H3. The Morgan fingerprint density at radius 1 is 1.29 bits per heavy atom. The second-order valence-corrected chi connectivity index (χ2v) is 3.93. The lowest BCUT2D eigenvalue weighted by Crippen LogP contribution is -2.11. The first-order valence-corrected chi connectivity index (χ1v) is 6.34. The average Bonchev–Trinajstić information content (AvgIpc) is 2.70. The van der Waals surface area contributed by atoms with E-state index in [4.69, 9.17) is 4.74 Å². The van der Waals surface area contributed by atoms with Crippen molar-refractivity contribution in [2.75, 3.05) is 6.61 Å². The number of carbonyl (C=O) groups excluding carboxylic acids is 1. The zero-order chi connectivity index (χ0) is 12.7. The molecule has 1 aromatic rings. The van der Waals surface area contributed by atoms with Crippen molar-refractivity contribution in [1.82, 2.24) is 15.0 Å². The number of esters is 1. The van der Waals surface area contributed by atoms with Gasteiger partial charge in [0.25, 0.3) is 0 Å². The molecule has 0 spiro atoms. The van der Waals surface area contributed by atoms with Crippen molar-refractivity contribution >= 4 is 5.97 Å². The van der Waals surface area contributed by atoms with Crippen molar-refractivity contribution in [2.24, 2.45) is 0 Å². The summed E-state index contributed by atoms with van der Waals surface area (Å²) in [5.41, 5.74) is 1.28. The van der Waals surface area contributed by atoms with E-state index < -0.39 is 0 Å². The maximum absolute atomic E-state index is 11.7. The Bertz CT molecular complexity index is 361. The molecule has 0 amide bonds. The molecule has 0 saturated carbocycles. The van der Waals surface area contributed by atoms with Gasteiger partial charge in [0, 0.05) is 6.54 Å². The third-order valence-corrected chi connectivity index (χ3v) is 2.52. The van der Waals surface area contributed by atoms with E-state index in [0.717, 1.165) is 37.9 Å². The van der Waals surface area contributed by atoms with Gasteiger partial charge in [0.2, 0.25) is 0 Å². The van der Waals surface area contributed by atoms with Gasteiger partial charge in [0.1, 0.15) is 0 Å². The van der Waals surface area contributed by atoms with Crippen molar-refractivity contribution in [3.8, 4) is 0 Å². The summed E-state index contributed by atoms with van der Waals surface area (Å²) in [7, 11) is 0. The molecule has 0 unspecified atom stereocenters. The molecule has 0 aliphatic carbocycles. The predicted molar refractivity (Wildman–Crippen MR) is 64.9 cm³/mol. The van der Waals surface area contributed by atoms with Gasteiger partial charge >= 0.3 is 5.97 Å². The minimum Gasteiger partial charge on any atom is -0.461 e. The second kappa shape index (κ2) is 7.04. The summed E-state index contributed by atoms with van der Waals surface area (Å²) in [5, 5.41) is 7.99. The molecule has 1 rings (SSSR count). The van der Waals surface area contributed by atoms with Gasteiger partial charge in [-0.2, -0.15) is 0 Å². The fourth-order valence-electron chi connectivity index (χ4n) is 1.66. The smallest absolute Gasteiger partial charge is 0.360 e. The Kier molecular flexibility index (Phi) is 5.66. The van der Waals surface area contributed by atoms with E-state index in [1.165, 1.54) is 0 Å². The minimum atomic E-state index is -0.362. The van der Waals surface area contributed by atoms with Crippen LogP contribution in [0, 0.1) is 0 Å². The van der Waals surface area contributed by atoms with Crippen LogP contribution in [0.2, 0.25) is 0 Å². The highest BCUT2D eigenvalue weighted by Gasteiger charge is 2.19. The number of nitrogens with zero attached hydrogens (tertiary/aromatic N) is 3. The minimum absolute atomic E-state index is 0.362. The Hall–Kier alpha value is -1.39. The first kappa shape index (κ1) is 13.7. The van der Waals surface area contributed by atoms with Gasteiger partial charge in [-0.1, -0.05) is 31.9 Å². The van der Waals surface area contributed by atoms with Crippen LogP contribution in [0.1, 0.15) is 56.2 Å². The summed E-state index contributed by atoms with van der Waals surface area (Å²) >= 11 is 0. The molecular formula is C12H21N3O2. The van der Waals surface area contributed by atoms with Crippen LogP contribution in [-0.2, 0) is 17.7 Å². The van der Waals surface area contributed by atoms with Crippen molar-refractivity contribution in [3.05, 3.63) is 11.4 Å². The van der Waals surface area contributed by atoms with Crippen LogP contribution in [0.5, 0.6) is 0 Å². The SMILES string of the molecule is CCCCn1nnc(C(=O)OCC)c1CCC. The summed E-state index contributed by atoms with van der Waals surface area (Å²) < 4.78 is 6.81. The lowest BCUT2D eigenvalue weighted by atomic mass is 10.2. The maximum atomic E-state index is 11.7. The van der Waals surface area contributed by atoms with Crippen LogP contribution in [0.25, 0.3) is 0 Å². The van der Waals surface area contributed by atoms with Gasteiger partial charge in [0.05, 0.1) is 12.3 Å². The van der Waals surface area contributed by atoms with Crippen molar-refractivity contribution in [2.45, 2.75) is 53.0 Å².